The van der Waals surface area contributed by atoms with Crippen molar-refractivity contribution < 1.29 is 24.2 Å². The smallest absolute Gasteiger partial charge is 0.428 e. The minimum absolute atomic E-state index is 0.163. The minimum Gasteiger partial charge on any atom is -0.496 e. The number of nitrogens with one attached hydrogen (secondary N) is 1. The largest absolute Gasteiger partial charge is 0.496 e. The molecule has 7 nitrogen and oxygen atoms in total. The van der Waals surface area contributed by atoms with Gasteiger partial charge in [-0.1, -0.05) is 0 Å². The summed E-state index contributed by atoms with van der Waals surface area (Å²) < 4.78 is 10.2. The maximum Gasteiger partial charge on any atom is 0.428 e. The van der Waals surface area contributed by atoms with Crippen LogP contribution in [0.3, 0.4) is 0 Å². The van der Waals surface area contributed by atoms with Gasteiger partial charge in [0.1, 0.15) is 11.4 Å². The summed E-state index contributed by atoms with van der Waals surface area (Å²) in [6.45, 7) is 6.96. The van der Waals surface area contributed by atoms with Crippen LogP contribution in [0.4, 0.5) is 4.79 Å². The zero-order chi connectivity index (χ0) is 17.6. The van der Waals surface area contributed by atoms with Crippen LogP contribution >= 0.6 is 0 Å². The highest BCUT2D eigenvalue weighted by Gasteiger charge is 2.16. The molecular formula is C16H22N2O5. The topological polar surface area (TPSA) is 97.2 Å². The highest BCUT2D eigenvalue weighted by molar-refractivity contribution is 5.99. The van der Waals surface area contributed by atoms with E-state index < -0.39 is 17.7 Å². The van der Waals surface area contributed by atoms with E-state index in [1.807, 2.05) is 0 Å². The normalized spacial score (nSPS) is 11.8. The van der Waals surface area contributed by atoms with E-state index in [0.29, 0.717) is 22.6 Å². The Labute approximate surface area is 135 Å². The van der Waals surface area contributed by atoms with Crippen molar-refractivity contribution in [2.24, 2.45) is 5.10 Å². The molecule has 1 amide bonds. The van der Waals surface area contributed by atoms with Crippen LogP contribution in [-0.2, 0) is 16.0 Å². The fourth-order valence-electron chi connectivity index (χ4n) is 1.80. The molecule has 1 aromatic rings. The standard InChI is InChI=1S/C16H22N2O5/c1-10(17-18-15(21)23-16(2,3)4)11-6-7-13(22-5)12(8-11)9-14(19)20/h6-8H,9H2,1-5H3,(H,18,21)(H,19,20)/b17-10-. The van der Waals surface area contributed by atoms with E-state index in [4.69, 9.17) is 14.6 Å². The predicted octanol–water partition coefficient (Wildman–Crippen LogP) is 2.57. The molecule has 0 saturated carbocycles. The molecule has 1 aromatic carbocycles. The number of hydrogen-bond donors (Lipinski definition) is 2. The first kappa shape index (κ1) is 18.5. The first-order valence-electron chi connectivity index (χ1n) is 7.04. The van der Waals surface area contributed by atoms with Gasteiger partial charge in [-0.3, -0.25) is 4.79 Å². The lowest BCUT2D eigenvalue weighted by atomic mass is 10.0. The van der Waals surface area contributed by atoms with Crippen molar-refractivity contribution in [2.75, 3.05) is 7.11 Å². The molecule has 0 radical (unpaired) electrons. The second-order valence-electron chi connectivity index (χ2n) is 5.91. The molecule has 0 unspecified atom stereocenters. The van der Waals surface area contributed by atoms with E-state index in [0.717, 1.165) is 0 Å². The average Bonchev–Trinajstić information content (AvgIpc) is 2.42. The van der Waals surface area contributed by atoms with Crippen LogP contribution in [0, 0.1) is 0 Å². The summed E-state index contributed by atoms with van der Waals surface area (Å²) in [6, 6.07) is 5.07. The van der Waals surface area contributed by atoms with Gasteiger partial charge in [0.25, 0.3) is 0 Å². The molecule has 7 heteroatoms. The number of carboxylic acid groups (broad SMARTS) is 1. The van der Waals surface area contributed by atoms with Crippen LogP contribution in [0.2, 0.25) is 0 Å². The SMILES string of the molecule is COc1ccc(/C(C)=N\NC(=O)OC(C)(C)C)cc1CC(=O)O. The van der Waals surface area contributed by atoms with Gasteiger partial charge in [0, 0.05) is 5.56 Å². The van der Waals surface area contributed by atoms with E-state index >= 15 is 0 Å². The molecule has 0 aliphatic heterocycles. The lowest BCUT2D eigenvalue weighted by Crippen LogP contribution is -2.30. The van der Waals surface area contributed by atoms with E-state index in [1.165, 1.54) is 7.11 Å². The third-order valence-corrected chi connectivity index (χ3v) is 2.75. The van der Waals surface area contributed by atoms with E-state index in [1.54, 1.807) is 45.9 Å². The van der Waals surface area contributed by atoms with Crippen LogP contribution in [-0.4, -0.2) is 35.6 Å². The summed E-state index contributed by atoms with van der Waals surface area (Å²) in [7, 11) is 1.48. The summed E-state index contributed by atoms with van der Waals surface area (Å²) in [6.07, 6.45) is -0.819. The van der Waals surface area contributed by atoms with Gasteiger partial charge in [-0.2, -0.15) is 5.10 Å². The Kier molecular flexibility index (Phi) is 6.12. The van der Waals surface area contributed by atoms with Gasteiger partial charge in [-0.15, -0.1) is 0 Å². The van der Waals surface area contributed by atoms with Crippen molar-refractivity contribution in [2.45, 2.75) is 39.7 Å². The number of aliphatic carboxylic acids is 1. The third kappa shape index (κ3) is 6.37. The van der Waals surface area contributed by atoms with Crippen LogP contribution in [0.5, 0.6) is 5.75 Å². The van der Waals surface area contributed by atoms with Gasteiger partial charge in [0.05, 0.1) is 19.2 Å². The number of carbonyl (C=O) groups is 2. The molecule has 0 fully saturated rings. The Morgan fingerprint density at radius 3 is 2.48 bits per heavy atom. The van der Waals surface area contributed by atoms with Gasteiger partial charge >= 0.3 is 12.1 Å². The molecule has 0 aromatic heterocycles. The fourth-order valence-corrected chi connectivity index (χ4v) is 1.80. The molecule has 0 spiro atoms. The Balaban J connectivity index is 2.90. The number of rotatable bonds is 5. The molecule has 0 heterocycles. The first-order chi connectivity index (χ1) is 10.6. The van der Waals surface area contributed by atoms with Crippen molar-refractivity contribution in [3.63, 3.8) is 0 Å². The van der Waals surface area contributed by atoms with Crippen LogP contribution in [0.1, 0.15) is 38.8 Å². The Bertz CT molecular complexity index is 617. The highest BCUT2D eigenvalue weighted by Crippen LogP contribution is 2.21. The summed E-state index contributed by atoms with van der Waals surface area (Å²) in [5.41, 5.74) is 3.43. The van der Waals surface area contributed by atoms with Crippen molar-refractivity contribution in [3.8, 4) is 5.75 Å². The van der Waals surface area contributed by atoms with E-state index in [-0.39, 0.29) is 6.42 Å². The van der Waals surface area contributed by atoms with E-state index in [9.17, 15) is 9.59 Å². The Morgan fingerprint density at radius 2 is 1.96 bits per heavy atom. The van der Waals surface area contributed by atoms with Gasteiger partial charge in [0.15, 0.2) is 0 Å². The van der Waals surface area contributed by atoms with Crippen molar-refractivity contribution in [1.29, 1.82) is 0 Å². The quantitative estimate of drug-likeness (QED) is 0.641. The maximum absolute atomic E-state index is 11.6. The molecular weight excluding hydrogens is 300 g/mol. The second-order valence-corrected chi connectivity index (χ2v) is 5.91. The van der Waals surface area contributed by atoms with Gasteiger partial charge in [-0.05, 0) is 51.5 Å². The molecule has 23 heavy (non-hydrogen) atoms. The zero-order valence-electron chi connectivity index (χ0n) is 14.0. The number of carbonyl (C=O) groups excluding carboxylic acids is 1. The number of hydrogen-bond acceptors (Lipinski definition) is 5. The zero-order valence-corrected chi connectivity index (χ0v) is 14.0. The fraction of sp³-hybridized carbons (Fsp3) is 0.438. The summed E-state index contributed by atoms with van der Waals surface area (Å²) in [5.74, 6) is -0.467. The molecule has 1 rings (SSSR count). The molecule has 0 atom stereocenters. The monoisotopic (exact) mass is 322 g/mol. The molecule has 126 valence electrons. The minimum atomic E-state index is -0.957. The van der Waals surface area contributed by atoms with Crippen molar-refractivity contribution in [3.05, 3.63) is 29.3 Å². The number of nitrogens with zero attached hydrogens (tertiary/aromatic N) is 1. The van der Waals surface area contributed by atoms with Crippen molar-refractivity contribution >= 4 is 17.8 Å². The van der Waals surface area contributed by atoms with Crippen molar-refractivity contribution in [1.82, 2.24) is 5.43 Å². The number of benzene rings is 1. The second kappa shape index (κ2) is 7.62. The molecule has 0 bridgehead atoms. The van der Waals surface area contributed by atoms with Crippen LogP contribution in [0.15, 0.2) is 23.3 Å². The number of amides is 1. The van der Waals surface area contributed by atoms with Gasteiger partial charge in [0.2, 0.25) is 0 Å². The lowest BCUT2D eigenvalue weighted by molar-refractivity contribution is -0.136. The lowest BCUT2D eigenvalue weighted by Gasteiger charge is -2.18. The van der Waals surface area contributed by atoms with Gasteiger partial charge < -0.3 is 14.6 Å². The maximum atomic E-state index is 11.6. The number of ether oxygens (including phenoxy) is 2. The average molecular weight is 322 g/mol. The summed E-state index contributed by atoms with van der Waals surface area (Å²) in [5, 5.41) is 12.9. The Hall–Kier alpha value is -2.57. The Morgan fingerprint density at radius 1 is 1.30 bits per heavy atom. The molecule has 0 saturated heterocycles. The molecule has 0 aliphatic carbocycles. The predicted molar refractivity (Wildman–Crippen MR) is 85.9 cm³/mol. The van der Waals surface area contributed by atoms with Crippen LogP contribution < -0.4 is 10.2 Å². The third-order valence-electron chi connectivity index (χ3n) is 2.75. The van der Waals surface area contributed by atoms with Gasteiger partial charge in [-0.25, -0.2) is 10.2 Å². The number of methoxy groups -OCH3 is 1. The number of carboxylic acids is 1. The highest BCUT2D eigenvalue weighted by atomic mass is 16.6. The van der Waals surface area contributed by atoms with Crippen LogP contribution in [0.25, 0.3) is 0 Å². The molecule has 0 aliphatic rings. The summed E-state index contributed by atoms with van der Waals surface area (Å²) >= 11 is 0. The van der Waals surface area contributed by atoms with E-state index in [2.05, 4.69) is 10.5 Å². The summed E-state index contributed by atoms with van der Waals surface area (Å²) in [4.78, 5) is 22.5. The number of hydrazone groups is 1. The first-order valence-corrected chi connectivity index (χ1v) is 7.04. The molecule has 2 N–H and O–H groups in total.